The first-order valence-corrected chi connectivity index (χ1v) is 8.84. The average Bonchev–Trinajstić information content (AvgIpc) is 2.83. The highest BCUT2D eigenvalue weighted by Gasteiger charge is 2.48. The summed E-state index contributed by atoms with van der Waals surface area (Å²) >= 11 is 0. The van der Waals surface area contributed by atoms with Crippen LogP contribution in [0.15, 0.2) is 60.7 Å². The predicted molar refractivity (Wildman–Crippen MR) is 98.2 cm³/mol. The number of nitrogens with zero attached hydrogens (tertiary/aromatic N) is 1. The standard InChI is InChI=1S/C22H29N/c1-21(2)15-10-16-22(21,3)23(17-19-11-6-4-7-12-19)18-20-13-8-5-9-14-20/h4-9,11-14H,10,15-18H2,1-3H3. The molecule has 0 saturated heterocycles. The fourth-order valence-electron chi connectivity index (χ4n) is 4.08. The fourth-order valence-corrected chi connectivity index (χ4v) is 4.08. The van der Waals surface area contributed by atoms with Gasteiger partial charge in [-0.15, -0.1) is 0 Å². The first kappa shape index (κ1) is 16.3. The van der Waals surface area contributed by atoms with Crippen LogP contribution in [0, 0.1) is 5.41 Å². The molecule has 1 saturated carbocycles. The summed E-state index contributed by atoms with van der Waals surface area (Å²) in [6, 6.07) is 21.8. The summed E-state index contributed by atoms with van der Waals surface area (Å²) in [5, 5.41) is 0. The van der Waals surface area contributed by atoms with Gasteiger partial charge >= 0.3 is 0 Å². The van der Waals surface area contributed by atoms with Gasteiger partial charge in [-0.3, -0.25) is 4.90 Å². The maximum absolute atomic E-state index is 2.71. The molecule has 0 bridgehead atoms. The van der Waals surface area contributed by atoms with Gasteiger partial charge in [0.15, 0.2) is 0 Å². The van der Waals surface area contributed by atoms with Crippen molar-refractivity contribution in [3.05, 3.63) is 71.8 Å². The van der Waals surface area contributed by atoms with Gasteiger partial charge in [-0.2, -0.15) is 0 Å². The van der Waals surface area contributed by atoms with Crippen molar-refractivity contribution >= 4 is 0 Å². The minimum atomic E-state index is 0.249. The molecule has 3 rings (SSSR count). The Morgan fingerprint density at radius 3 is 1.61 bits per heavy atom. The van der Waals surface area contributed by atoms with Crippen molar-refractivity contribution in [1.82, 2.24) is 4.90 Å². The second-order valence-electron chi connectivity index (χ2n) is 7.84. The molecule has 1 atom stereocenters. The van der Waals surface area contributed by atoms with Crippen molar-refractivity contribution in [2.45, 2.75) is 58.7 Å². The molecule has 1 fully saturated rings. The summed E-state index contributed by atoms with van der Waals surface area (Å²) in [6.07, 6.45) is 3.95. The van der Waals surface area contributed by atoms with Gasteiger partial charge in [-0.1, -0.05) is 80.9 Å². The molecule has 0 N–H and O–H groups in total. The van der Waals surface area contributed by atoms with Crippen LogP contribution in [0.25, 0.3) is 0 Å². The molecule has 0 radical (unpaired) electrons. The van der Waals surface area contributed by atoms with E-state index in [4.69, 9.17) is 0 Å². The van der Waals surface area contributed by atoms with E-state index in [1.54, 1.807) is 0 Å². The molecule has 1 nitrogen and oxygen atoms in total. The van der Waals surface area contributed by atoms with E-state index >= 15 is 0 Å². The molecule has 2 aromatic carbocycles. The summed E-state index contributed by atoms with van der Waals surface area (Å²) in [5.41, 5.74) is 3.43. The van der Waals surface area contributed by atoms with Crippen LogP contribution in [0.2, 0.25) is 0 Å². The van der Waals surface area contributed by atoms with Crippen molar-refractivity contribution < 1.29 is 0 Å². The molecule has 2 aromatic rings. The lowest BCUT2D eigenvalue weighted by molar-refractivity contribution is 0.00749. The van der Waals surface area contributed by atoms with Gasteiger partial charge in [0.1, 0.15) is 0 Å². The van der Waals surface area contributed by atoms with Crippen LogP contribution in [0.5, 0.6) is 0 Å². The minimum absolute atomic E-state index is 0.249. The van der Waals surface area contributed by atoms with E-state index < -0.39 is 0 Å². The minimum Gasteiger partial charge on any atom is -0.289 e. The molecule has 0 aromatic heterocycles. The Balaban J connectivity index is 1.90. The van der Waals surface area contributed by atoms with Gasteiger partial charge in [0.2, 0.25) is 0 Å². The first-order chi connectivity index (χ1) is 11.0. The average molecular weight is 307 g/mol. The molecule has 1 aliphatic carbocycles. The van der Waals surface area contributed by atoms with E-state index in [2.05, 4.69) is 86.3 Å². The lowest BCUT2D eigenvalue weighted by Gasteiger charge is -2.48. The molecule has 0 aliphatic heterocycles. The quantitative estimate of drug-likeness (QED) is 0.689. The highest BCUT2D eigenvalue weighted by molar-refractivity contribution is 5.19. The van der Waals surface area contributed by atoms with Crippen LogP contribution >= 0.6 is 0 Å². The second-order valence-corrected chi connectivity index (χ2v) is 7.84. The zero-order valence-corrected chi connectivity index (χ0v) is 14.8. The summed E-state index contributed by atoms with van der Waals surface area (Å²) in [7, 11) is 0. The van der Waals surface area contributed by atoms with E-state index in [1.807, 2.05) is 0 Å². The summed E-state index contributed by atoms with van der Waals surface area (Å²) in [6.45, 7) is 9.42. The van der Waals surface area contributed by atoms with Gasteiger partial charge in [0.25, 0.3) is 0 Å². The third-order valence-corrected chi connectivity index (χ3v) is 6.05. The second kappa shape index (κ2) is 6.49. The monoisotopic (exact) mass is 307 g/mol. The van der Waals surface area contributed by atoms with Gasteiger partial charge < -0.3 is 0 Å². The largest absolute Gasteiger partial charge is 0.289 e. The SMILES string of the molecule is CC1(C)CCCC1(C)N(Cc1ccccc1)Cc1ccccc1. The van der Waals surface area contributed by atoms with E-state index in [-0.39, 0.29) is 5.54 Å². The van der Waals surface area contributed by atoms with Gasteiger partial charge in [0.05, 0.1) is 0 Å². The molecule has 1 aliphatic rings. The van der Waals surface area contributed by atoms with Crippen LogP contribution < -0.4 is 0 Å². The van der Waals surface area contributed by atoms with Gasteiger partial charge in [-0.05, 0) is 36.3 Å². The Hall–Kier alpha value is -1.60. The van der Waals surface area contributed by atoms with E-state index in [9.17, 15) is 0 Å². The van der Waals surface area contributed by atoms with Crippen molar-refractivity contribution in [2.24, 2.45) is 5.41 Å². The third-order valence-electron chi connectivity index (χ3n) is 6.05. The number of hydrogen-bond acceptors (Lipinski definition) is 1. The highest BCUT2D eigenvalue weighted by Crippen LogP contribution is 2.50. The Kier molecular flexibility index (Phi) is 4.59. The third kappa shape index (κ3) is 3.35. The van der Waals surface area contributed by atoms with Gasteiger partial charge in [-0.25, -0.2) is 0 Å². The molecule has 122 valence electrons. The molecule has 23 heavy (non-hydrogen) atoms. The molecular weight excluding hydrogens is 278 g/mol. The zero-order chi connectivity index (χ0) is 16.3. The van der Waals surface area contributed by atoms with Gasteiger partial charge in [0, 0.05) is 18.6 Å². The summed E-state index contributed by atoms with van der Waals surface area (Å²) < 4.78 is 0. The fraction of sp³-hybridized carbons (Fsp3) is 0.455. The Labute approximate surface area is 141 Å². The van der Waals surface area contributed by atoms with E-state index in [0.29, 0.717) is 5.41 Å². The van der Waals surface area contributed by atoms with Crippen LogP contribution in [0.1, 0.15) is 51.2 Å². The molecule has 0 heterocycles. The molecule has 1 unspecified atom stereocenters. The Bertz CT molecular complexity index is 575. The topological polar surface area (TPSA) is 3.24 Å². The van der Waals surface area contributed by atoms with Crippen molar-refractivity contribution in [3.8, 4) is 0 Å². The lowest BCUT2D eigenvalue weighted by Crippen LogP contribution is -2.52. The van der Waals surface area contributed by atoms with Crippen LogP contribution in [0.3, 0.4) is 0 Å². The lowest BCUT2D eigenvalue weighted by atomic mass is 9.74. The van der Waals surface area contributed by atoms with Crippen molar-refractivity contribution in [1.29, 1.82) is 0 Å². The molecule has 0 spiro atoms. The zero-order valence-electron chi connectivity index (χ0n) is 14.8. The van der Waals surface area contributed by atoms with Crippen molar-refractivity contribution in [2.75, 3.05) is 0 Å². The number of hydrogen-bond donors (Lipinski definition) is 0. The van der Waals surface area contributed by atoms with Crippen LogP contribution in [0.4, 0.5) is 0 Å². The number of benzene rings is 2. The maximum Gasteiger partial charge on any atom is 0.0242 e. The van der Waals surface area contributed by atoms with Crippen LogP contribution in [-0.4, -0.2) is 10.4 Å². The Morgan fingerprint density at radius 2 is 1.22 bits per heavy atom. The Morgan fingerprint density at radius 1 is 0.739 bits per heavy atom. The summed E-state index contributed by atoms with van der Waals surface area (Å²) in [5.74, 6) is 0. The molecule has 0 amide bonds. The van der Waals surface area contributed by atoms with E-state index in [1.165, 1.54) is 30.4 Å². The predicted octanol–water partition coefficient (Wildman–Crippen LogP) is 5.66. The smallest absolute Gasteiger partial charge is 0.0242 e. The van der Waals surface area contributed by atoms with Crippen molar-refractivity contribution in [3.63, 3.8) is 0 Å². The normalized spacial score (nSPS) is 23.3. The maximum atomic E-state index is 2.71. The van der Waals surface area contributed by atoms with E-state index in [0.717, 1.165) is 13.1 Å². The first-order valence-electron chi connectivity index (χ1n) is 8.84. The summed E-state index contributed by atoms with van der Waals surface area (Å²) in [4.78, 5) is 2.71. The van der Waals surface area contributed by atoms with Crippen LogP contribution in [-0.2, 0) is 13.1 Å². The number of rotatable bonds is 5. The highest BCUT2D eigenvalue weighted by atomic mass is 15.2. The molecule has 1 heteroatoms. The molecular formula is C22H29N.